The Morgan fingerprint density at radius 3 is 2.60 bits per heavy atom. The van der Waals surface area contributed by atoms with Crippen LogP contribution in [0.4, 0.5) is 0 Å². The van der Waals surface area contributed by atoms with Crippen molar-refractivity contribution in [3.8, 4) is 0 Å². The summed E-state index contributed by atoms with van der Waals surface area (Å²) in [6, 6.07) is 0. The second-order valence-electron chi connectivity index (χ2n) is 2.21. The highest BCUT2D eigenvalue weighted by atomic mass is 16.3. The Morgan fingerprint density at radius 1 is 1.40 bits per heavy atom. The molecule has 1 aliphatic carbocycles. The average molecular weight is 138 g/mol. The molecule has 0 heterocycles. The molecular formula is C8H10O2. The summed E-state index contributed by atoms with van der Waals surface area (Å²) in [6.45, 7) is 3.53. The van der Waals surface area contributed by atoms with E-state index in [0.717, 1.165) is 5.57 Å². The fourth-order valence-electron chi connectivity index (χ4n) is 0.811. The van der Waals surface area contributed by atoms with Crippen molar-refractivity contribution in [2.45, 2.75) is 12.2 Å². The zero-order chi connectivity index (χ0) is 7.56. The number of hydrogen-bond acceptors (Lipinski definition) is 2. The van der Waals surface area contributed by atoms with Crippen molar-refractivity contribution in [1.29, 1.82) is 0 Å². The summed E-state index contributed by atoms with van der Waals surface area (Å²) >= 11 is 0. The maximum absolute atomic E-state index is 9.05. The van der Waals surface area contributed by atoms with Gasteiger partial charge in [-0.05, 0) is 11.6 Å². The Kier molecular flexibility index (Phi) is 2.04. The first-order chi connectivity index (χ1) is 4.74. The highest BCUT2D eigenvalue weighted by molar-refractivity contribution is 5.34. The number of rotatable bonds is 1. The molecule has 0 saturated heterocycles. The van der Waals surface area contributed by atoms with Crippen LogP contribution in [0, 0.1) is 0 Å². The minimum Gasteiger partial charge on any atom is -0.386 e. The van der Waals surface area contributed by atoms with Gasteiger partial charge in [-0.1, -0.05) is 24.8 Å². The lowest BCUT2D eigenvalue weighted by Gasteiger charge is -2.14. The molecule has 0 fully saturated rings. The SMILES string of the molecule is C=CC1=CC(O)C(O)C=C1. The number of allylic oxidation sites excluding steroid dienone is 3. The van der Waals surface area contributed by atoms with Crippen LogP contribution >= 0.6 is 0 Å². The molecule has 0 spiro atoms. The molecule has 1 aliphatic rings. The molecule has 54 valence electrons. The van der Waals surface area contributed by atoms with Crippen LogP contribution in [0.5, 0.6) is 0 Å². The van der Waals surface area contributed by atoms with E-state index < -0.39 is 12.2 Å². The van der Waals surface area contributed by atoms with Crippen molar-refractivity contribution in [3.05, 3.63) is 36.5 Å². The molecule has 0 aromatic heterocycles. The second kappa shape index (κ2) is 2.82. The molecule has 0 aliphatic heterocycles. The number of aliphatic hydroxyl groups is 2. The largest absolute Gasteiger partial charge is 0.386 e. The molecule has 0 aromatic carbocycles. The lowest BCUT2D eigenvalue weighted by atomic mass is 10.0. The molecule has 2 nitrogen and oxygen atoms in total. The summed E-state index contributed by atoms with van der Waals surface area (Å²) in [5, 5.41) is 18.0. The van der Waals surface area contributed by atoms with Crippen molar-refractivity contribution in [2.75, 3.05) is 0 Å². The van der Waals surface area contributed by atoms with E-state index in [1.807, 2.05) is 0 Å². The lowest BCUT2D eigenvalue weighted by Crippen LogP contribution is -2.23. The maximum Gasteiger partial charge on any atom is 0.102 e. The molecule has 0 bridgehead atoms. The van der Waals surface area contributed by atoms with E-state index in [2.05, 4.69) is 6.58 Å². The van der Waals surface area contributed by atoms with Gasteiger partial charge in [-0.15, -0.1) is 0 Å². The van der Waals surface area contributed by atoms with E-state index in [-0.39, 0.29) is 0 Å². The first-order valence-corrected chi connectivity index (χ1v) is 3.12. The van der Waals surface area contributed by atoms with Crippen molar-refractivity contribution in [1.82, 2.24) is 0 Å². The first kappa shape index (κ1) is 7.25. The summed E-state index contributed by atoms with van der Waals surface area (Å²) in [4.78, 5) is 0. The fraction of sp³-hybridized carbons (Fsp3) is 0.250. The van der Waals surface area contributed by atoms with Gasteiger partial charge < -0.3 is 10.2 Å². The van der Waals surface area contributed by atoms with E-state index in [1.54, 1.807) is 24.3 Å². The molecule has 1 rings (SSSR count). The Hall–Kier alpha value is -0.860. The number of hydrogen-bond donors (Lipinski definition) is 2. The number of aliphatic hydroxyl groups excluding tert-OH is 2. The van der Waals surface area contributed by atoms with Gasteiger partial charge in [-0.25, -0.2) is 0 Å². The van der Waals surface area contributed by atoms with Crippen molar-refractivity contribution in [3.63, 3.8) is 0 Å². The zero-order valence-corrected chi connectivity index (χ0v) is 5.57. The van der Waals surface area contributed by atoms with Crippen LogP contribution in [0.3, 0.4) is 0 Å². The summed E-state index contributed by atoms with van der Waals surface area (Å²) in [6.07, 6.45) is 4.93. The van der Waals surface area contributed by atoms with E-state index in [4.69, 9.17) is 10.2 Å². The van der Waals surface area contributed by atoms with Gasteiger partial charge in [0.05, 0.1) is 0 Å². The van der Waals surface area contributed by atoms with Crippen LogP contribution in [-0.4, -0.2) is 22.4 Å². The third-order valence-corrected chi connectivity index (χ3v) is 1.43. The molecule has 0 aromatic rings. The van der Waals surface area contributed by atoms with Gasteiger partial charge in [-0.2, -0.15) is 0 Å². The molecule has 2 N–H and O–H groups in total. The highest BCUT2D eigenvalue weighted by Gasteiger charge is 2.13. The molecule has 2 unspecified atom stereocenters. The van der Waals surface area contributed by atoms with Gasteiger partial charge in [0, 0.05) is 0 Å². The molecular weight excluding hydrogens is 128 g/mol. The highest BCUT2D eigenvalue weighted by Crippen LogP contribution is 2.11. The van der Waals surface area contributed by atoms with Crippen LogP contribution < -0.4 is 0 Å². The molecule has 0 amide bonds. The summed E-state index contributed by atoms with van der Waals surface area (Å²) < 4.78 is 0. The van der Waals surface area contributed by atoms with Crippen LogP contribution in [-0.2, 0) is 0 Å². The van der Waals surface area contributed by atoms with E-state index in [0.29, 0.717) is 0 Å². The van der Waals surface area contributed by atoms with Crippen LogP contribution in [0.2, 0.25) is 0 Å². The first-order valence-electron chi connectivity index (χ1n) is 3.12. The zero-order valence-electron chi connectivity index (χ0n) is 5.57. The van der Waals surface area contributed by atoms with Gasteiger partial charge in [0.2, 0.25) is 0 Å². The smallest absolute Gasteiger partial charge is 0.102 e. The van der Waals surface area contributed by atoms with Gasteiger partial charge in [-0.3, -0.25) is 0 Å². The van der Waals surface area contributed by atoms with Crippen molar-refractivity contribution in [2.24, 2.45) is 0 Å². The standard InChI is InChI=1S/C8H10O2/c1-2-6-3-4-7(9)8(10)5-6/h2-5,7-10H,1H2. The molecule has 0 radical (unpaired) electrons. The van der Waals surface area contributed by atoms with Crippen molar-refractivity contribution < 1.29 is 10.2 Å². The van der Waals surface area contributed by atoms with Crippen molar-refractivity contribution >= 4 is 0 Å². The van der Waals surface area contributed by atoms with Gasteiger partial charge >= 0.3 is 0 Å². The third kappa shape index (κ3) is 1.35. The van der Waals surface area contributed by atoms with Crippen LogP contribution in [0.1, 0.15) is 0 Å². The quantitative estimate of drug-likeness (QED) is 0.550. The molecule has 2 atom stereocenters. The predicted octanol–water partition coefficient (Wildman–Crippen LogP) is 0.390. The summed E-state index contributed by atoms with van der Waals surface area (Å²) in [5.74, 6) is 0. The molecule has 2 heteroatoms. The minimum atomic E-state index is -0.780. The van der Waals surface area contributed by atoms with E-state index in [9.17, 15) is 0 Å². The maximum atomic E-state index is 9.05. The van der Waals surface area contributed by atoms with Gasteiger partial charge in [0.25, 0.3) is 0 Å². The molecule has 10 heavy (non-hydrogen) atoms. The van der Waals surface area contributed by atoms with Crippen LogP contribution in [0.25, 0.3) is 0 Å². The fourth-order valence-corrected chi connectivity index (χ4v) is 0.811. The van der Waals surface area contributed by atoms with Gasteiger partial charge in [0.15, 0.2) is 0 Å². The van der Waals surface area contributed by atoms with Gasteiger partial charge in [0.1, 0.15) is 12.2 Å². The van der Waals surface area contributed by atoms with Crippen LogP contribution in [0.15, 0.2) is 36.5 Å². The lowest BCUT2D eigenvalue weighted by molar-refractivity contribution is 0.0789. The Morgan fingerprint density at radius 2 is 2.10 bits per heavy atom. The topological polar surface area (TPSA) is 40.5 Å². The monoisotopic (exact) mass is 138 g/mol. The summed E-state index contributed by atoms with van der Waals surface area (Å²) in [7, 11) is 0. The second-order valence-corrected chi connectivity index (χ2v) is 2.21. The normalized spacial score (nSPS) is 31.6. The van der Waals surface area contributed by atoms with E-state index in [1.165, 1.54) is 0 Å². The van der Waals surface area contributed by atoms with E-state index >= 15 is 0 Å². The Balaban J connectivity index is 2.75. The molecule has 0 saturated carbocycles. The summed E-state index contributed by atoms with van der Waals surface area (Å²) in [5.41, 5.74) is 0.845. The third-order valence-electron chi connectivity index (χ3n) is 1.43. The Labute approximate surface area is 59.8 Å². The average Bonchev–Trinajstić information content (AvgIpc) is 1.95. The Bertz CT molecular complexity index is 191. The predicted molar refractivity (Wildman–Crippen MR) is 39.4 cm³/mol. The minimum absolute atomic E-state index is 0.760.